The minimum absolute atomic E-state index is 0.172. The van der Waals surface area contributed by atoms with Gasteiger partial charge in [-0.1, -0.05) is 13.8 Å². The lowest BCUT2D eigenvalue weighted by Crippen LogP contribution is -2.30. The predicted molar refractivity (Wildman–Crippen MR) is 49.0 cm³/mol. The van der Waals surface area contributed by atoms with E-state index in [4.69, 9.17) is 5.11 Å². The zero-order chi connectivity index (χ0) is 10.7. The van der Waals surface area contributed by atoms with Crippen LogP contribution >= 0.6 is 0 Å². The van der Waals surface area contributed by atoms with E-state index in [1.807, 2.05) is 13.8 Å². The van der Waals surface area contributed by atoms with Gasteiger partial charge >= 0.3 is 0 Å². The van der Waals surface area contributed by atoms with E-state index in [0.29, 0.717) is 0 Å². The van der Waals surface area contributed by atoms with Gasteiger partial charge in [0.25, 0.3) is 5.92 Å². The zero-order valence-electron chi connectivity index (χ0n) is 8.77. The Balaban J connectivity index is 0.000000671. The second kappa shape index (κ2) is 4.33. The molecule has 13 heavy (non-hydrogen) atoms. The summed E-state index contributed by atoms with van der Waals surface area (Å²) in [4.78, 5) is 1.68. The molecule has 0 bridgehead atoms. The van der Waals surface area contributed by atoms with E-state index in [0.717, 1.165) is 0 Å². The van der Waals surface area contributed by atoms with Crippen molar-refractivity contribution in [3.63, 3.8) is 0 Å². The van der Waals surface area contributed by atoms with Gasteiger partial charge in [-0.15, -0.1) is 0 Å². The van der Waals surface area contributed by atoms with Crippen molar-refractivity contribution >= 4 is 0 Å². The number of hydrogen-bond acceptors (Lipinski definition) is 2. The van der Waals surface area contributed by atoms with Gasteiger partial charge in [0.2, 0.25) is 0 Å². The fourth-order valence-corrected chi connectivity index (χ4v) is 1.38. The Morgan fingerprint density at radius 2 is 1.69 bits per heavy atom. The summed E-state index contributed by atoms with van der Waals surface area (Å²) in [6.45, 7) is 3.84. The first-order valence-electron chi connectivity index (χ1n) is 4.57. The Morgan fingerprint density at radius 3 is 1.77 bits per heavy atom. The van der Waals surface area contributed by atoms with Gasteiger partial charge < -0.3 is 10.0 Å². The molecule has 0 amide bonds. The molecule has 1 rings (SSSR count). The van der Waals surface area contributed by atoms with Gasteiger partial charge in [0.1, 0.15) is 0 Å². The molecule has 1 N–H and O–H groups in total. The zero-order valence-corrected chi connectivity index (χ0v) is 8.77. The van der Waals surface area contributed by atoms with Crippen molar-refractivity contribution in [2.45, 2.75) is 26.2 Å². The van der Waals surface area contributed by atoms with Crippen LogP contribution in [0.25, 0.3) is 0 Å². The van der Waals surface area contributed by atoms with Crippen LogP contribution in [0.1, 0.15) is 20.3 Å². The molecule has 0 aromatic heterocycles. The molecule has 0 saturated heterocycles. The number of nitrogens with zero attached hydrogens (tertiary/aromatic N) is 1. The van der Waals surface area contributed by atoms with Crippen LogP contribution in [0.2, 0.25) is 0 Å². The highest BCUT2D eigenvalue weighted by molar-refractivity contribution is 5.10. The Kier molecular flexibility index (Phi) is 4.26. The SMILES string of the molecule is CC.CN(C)C[C@]1(CO)CC1(F)F. The number of aliphatic hydroxyl groups is 1. The quantitative estimate of drug-likeness (QED) is 0.739. The Hall–Kier alpha value is -0.220. The van der Waals surface area contributed by atoms with Crippen LogP contribution in [0.3, 0.4) is 0 Å². The maximum Gasteiger partial charge on any atom is 0.258 e. The Morgan fingerprint density at radius 1 is 1.31 bits per heavy atom. The van der Waals surface area contributed by atoms with Crippen LogP contribution in [0.4, 0.5) is 8.78 Å². The molecule has 2 nitrogen and oxygen atoms in total. The monoisotopic (exact) mass is 195 g/mol. The second-order valence-electron chi connectivity index (χ2n) is 3.56. The third kappa shape index (κ3) is 2.61. The summed E-state index contributed by atoms with van der Waals surface area (Å²) in [6.07, 6.45) is -0.172. The molecule has 0 spiro atoms. The van der Waals surface area contributed by atoms with Gasteiger partial charge in [-0.2, -0.15) is 0 Å². The van der Waals surface area contributed by atoms with Gasteiger partial charge in [0.05, 0.1) is 12.0 Å². The maximum absolute atomic E-state index is 12.6. The van der Waals surface area contributed by atoms with Gasteiger partial charge in [-0.05, 0) is 14.1 Å². The largest absolute Gasteiger partial charge is 0.396 e. The number of rotatable bonds is 3. The van der Waals surface area contributed by atoms with Crippen LogP contribution in [0.5, 0.6) is 0 Å². The lowest BCUT2D eigenvalue weighted by Gasteiger charge is -2.17. The third-order valence-electron chi connectivity index (χ3n) is 2.13. The van der Waals surface area contributed by atoms with E-state index >= 15 is 0 Å². The van der Waals surface area contributed by atoms with Crippen LogP contribution in [0.15, 0.2) is 0 Å². The molecule has 0 aliphatic heterocycles. The minimum Gasteiger partial charge on any atom is -0.396 e. The number of aliphatic hydroxyl groups excluding tert-OH is 1. The molecule has 1 aliphatic carbocycles. The van der Waals surface area contributed by atoms with Gasteiger partial charge in [-0.3, -0.25) is 0 Å². The molecule has 1 atom stereocenters. The summed E-state index contributed by atoms with van der Waals surface area (Å²) in [6, 6.07) is 0. The van der Waals surface area contributed by atoms with Crippen LogP contribution in [0, 0.1) is 5.41 Å². The van der Waals surface area contributed by atoms with Crippen LogP contribution < -0.4 is 0 Å². The molecule has 0 unspecified atom stereocenters. The van der Waals surface area contributed by atoms with Crippen molar-refractivity contribution in [1.29, 1.82) is 0 Å². The third-order valence-corrected chi connectivity index (χ3v) is 2.13. The first-order chi connectivity index (χ1) is 5.93. The molecule has 4 heteroatoms. The van der Waals surface area contributed by atoms with E-state index in [1.165, 1.54) is 0 Å². The summed E-state index contributed by atoms with van der Waals surface area (Å²) in [7, 11) is 3.46. The number of hydrogen-bond donors (Lipinski definition) is 1. The first-order valence-corrected chi connectivity index (χ1v) is 4.57. The van der Waals surface area contributed by atoms with E-state index in [2.05, 4.69) is 0 Å². The highest BCUT2D eigenvalue weighted by Gasteiger charge is 2.70. The lowest BCUT2D eigenvalue weighted by atomic mass is 10.1. The molecule has 0 aromatic rings. The Labute approximate surface area is 78.5 Å². The first kappa shape index (κ1) is 12.8. The average molecular weight is 195 g/mol. The van der Waals surface area contributed by atoms with E-state index < -0.39 is 17.9 Å². The van der Waals surface area contributed by atoms with E-state index in [9.17, 15) is 8.78 Å². The van der Waals surface area contributed by atoms with Gasteiger partial charge in [-0.25, -0.2) is 8.78 Å². The highest BCUT2D eigenvalue weighted by Crippen LogP contribution is 2.60. The summed E-state index contributed by atoms with van der Waals surface area (Å²) < 4.78 is 25.3. The maximum atomic E-state index is 12.6. The molecule has 1 saturated carbocycles. The van der Waals surface area contributed by atoms with Crippen molar-refractivity contribution in [3.8, 4) is 0 Å². The summed E-state index contributed by atoms with van der Waals surface area (Å²) in [5.74, 6) is -2.65. The average Bonchev–Trinajstić information content (AvgIpc) is 2.57. The molecule has 1 fully saturated rings. The summed E-state index contributed by atoms with van der Waals surface area (Å²) >= 11 is 0. The van der Waals surface area contributed by atoms with Gasteiger partial charge in [0, 0.05) is 13.0 Å². The second-order valence-corrected chi connectivity index (χ2v) is 3.56. The fraction of sp³-hybridized carbons (Fsp3) is 1.00. The molecule has 80 valence electrons. The normalized spacial score (nSPS) is 29.5. The standard InChI is InChI=1S/C7H13F2NO.C2H6/c1-10(2)4-6(5-11)3-7(6,8)9;1-2/h11H,3-5H2,1-2H3;1-2H3/t6-;/m0./s1. The molecular formula is C9H19F2NO. The predicted octanol–water partition coefficient (Wildman–Crippen LogP) is 1.59. The molecule has 0 radical (unpaired) electrons. The molecule has 0 heterocycles. The van der Waals surface area contributed by atoms with Crippen molar-refractivity contribution < 1.29 is 13.9 Å². The van der Waals surface area contributed by atoms with Crippen LogP contribution in [-0.4, -0.2) is 43.2 Å². The van der Waals surface area contributed by atoms with Crippen LogP contribution in [-0.2, 0) is 0 Å². The highest BCUT2D eigenvalue weighted by atomic mass is 19.3. The molecule has 0 aromatic carbocycles. The Bertz CT molecular complexity index is 162. The molecular weight excluding hydrogens is 176 g/mol. The lowest BCUT2D eigenvalue weighted by molar-refractivity contribution is 0.0252. The summed E-state index contributed by atoms with van der Waals surface area (Å²) in [5, 5.41) is 8.73. The van der Waals surface area contributed by atoms with Crippen molar-refractivity contribution in [3.05, 3.63) is 0 Å². The topological polar surface area (TPSA) is 23.5 Å². The summed E-state index contributed by atoms with van der Waals surface area (Å²) in [5.41, 5.74) is -1.14. The fourth-order valence-electron chi connectivity index (χ4n) is 1.38. The van der Waals surface area contributed by atoms with Crippen molar-refractivity contribution in [2.75, 3.05) is 27.2 Å². The van der Waals surface area contributed by atoms with Crippen molar-refractivity contribution in [1.82, 2.24) is 4.90 Å². The van der Waals surface area contributed by atoms with Crippen molar-refractivity contribution in [2.24, 2.45) is 5.41 Å². The number of halogens is 2. The van der Waals surface area contributed by atoms with Gasteiger partial charge in [0.15, 0.2) is 0 Å². The van der Waals surface area contributed by atoms with E-state index in [1.54, 1.807) is 19.0 Å². The molecule has 1 aliphatic rings. The van der Waals surface area contributed by atoms with E-state index in [-0.39, 0.29) is 13.0 Å². The smallest absolute Gasteiger partial charge is 0.258 e. The minimum atomic E-state index is -2.65. The number of alkyl halides is 2.